The Kier molecular flexibility index (Phi) is 5.49. The molecule has 1 aliphatic carbocycles. The number of Topliss-reactive ketones (excluding diaryl/α,β-unsaturated/α-hetero) is 2. The number of aliphatic hydroxyl groups excluding tert-OH is 1. The van der Waals surface area contributed by atoms with Crippen molar-refractivity contribution in [2.24, 2.45) is 11.8 Å². The van der Waals surface area contributed by atoms with E-state index in [0.29, 0.717) is 12.8 Å². The molecule has 1 radical (unpaired) electrons. The maximum atomic E-state index is 11.4. The zero-order valence-corrected chi connectivity index (χ0v) is 10.7. The minimum atomic E-state index is -0.522. The Morgan fingerprint density at radius 3 is 2.46 bits per heavy atom. The van der Waals surface area contributed by atoms with Crippen molar-refractivity contribution >= 4 is 11.6 Å². The van der Waals surface area contributed by atoms with Gasteiger partial charge in [0.2, 0.25) is 0 Å². The quantitative estimate of drug-likeness (QED) is 0.566. The summed E-state index contributed by atoms with van der Waals surface area (Å²) < 4.78 is 0. The van der Waals surface area contributed by atoms with E-state index < -0.39 is 11.8 Å². The van der Waals surface area contributed by atoms with E-state index in [1.54, 1.807) is 6.92 Å². The minimum Gasteiger partial charge on any atom is -0.562 e. The van der Waals surface area contributed by atoms with Gasteiger partial charge in [0.1, 0.15) is 11.6 Å². The molecular weight excluding hydrogens is 245 g/mol. The normalized spacial score (nSPS) is 28.9. The van der Waals surface area contributed by atoms with Crippen LogP contribution in [0, 0.1) is 17.9 Å². The fourth-order valence-electron chi connectivity index (χ4n) is 1.52. The number of aliphatic hydroxyl groups is 1. The van der Waals surface area contributed by atoms with Gasteiger partial charge in [-0.15, -0.1) is 0 Å². The summed E-state index contributed by atoms with van der Waals surface area (Å²) in [6, 6.07) is 0. The van der Waals surface area contributed by atoms with Crippen molar-refractivity contribution < 1.29 is 47.4 Å². The maximum absolute atomic E-state index is 11.4. The van der Waals surface area contributed by atoms with Crippen molar-refractivity contribution in [1.82, 2.24) is 0 Å². The molecule has 4 heteroatoms. The molecule has 1 fully saturated rings. The number of hydrogen-bond donors (Lipinski definition) is 1. The summed E-state index contributed by atoms with van der Waals surface area (Å²) in [4.78, 5) is 22.4. The summed E-state index contributed by atoms with van der Waals surface area (Å²) in [5.41, 5.74) is 0. The molecule has 0 aromatic carbocycles. The van der Waals surface area contributed by atoms with Crippen molar-refractivity contribution in [3.63, 3.8) is 0 Å². The van der Waals surface area contributed by atoms with Crippen molar-refractivity contribution in [1.29, 1.82) is 0 Å². The first kappa shape index (κ1) is 13.4. The topological polar surface area (TPSA) is 54.4 Å². The predicted molar refractivity (Wildman–Crippen MR) is 42.8 cm³/mol. The third kappa shape index (κ3) is 2.93. The molecule has 0 saturated heterocycles. The SMILES string of the molecule is C[C-](O)C1CCC(=O)C(C)C1=O.[Y]. The second-order valence-electron chi connectivity index (χ2n) is 3.32. The molecule has 0 amide bonds. The minimum absolute atomic E-state index is 0. The van der Waals surface area contributed by atoms with Gasteiger partial charge in [0.15, 0.2) is 0 Å². The average molecular weight is 258 g/mol. The first-order chi connectivity index (χ1) is 5.54. The first-order valence-electron chi connectivity index (χ1n) is 4.13. The Morgan fingerprint density at radius 1 is 1.46 bits per heavy atom. The van der Waals surface area contributed by atoms with Gasteiger partial charge in [-0.2, -0.15) is 13.0 Å². The number of carbonyl (C=O) groups is 2. The van der Waals surface area contributed by atoms with Crippen LogP contribution in [0.1, 0.15) is 26.7 Å². The molecule has 0 spiro atoms. The van der Waals surface area contributed by atoms with Crippen molar-refractivity contribution in [3.05, 3.63) is 6.10 Å². The Labute approximate surface area is 103 Å². The van der Waals surface area contributed by atoms with Crippen LogP contribution in [0.5, 0.6) is 0 Å². The molecule has 1 saturated carbocycles. The van der Waals surface area contributed by atoms with Crippen LogP contribution >= 0.6 is 0 Å². The number of carbonyl (C=O) groups excluding carboxylic acids is 2. The summed E-state index contributed by atoms with van der Waals surface area (Å²) >= 11 is 0. The fraction of sp³-hybridized carbons (Fsp3) is 0.667. The second kappa shape index (κ2) is 5.33. The summed E-state index contributed by atoms with van der Waals surface area (Å²) in [5, 5.41) is 9.14. The predicted octanol–water partition coefficient (Wildman–Crippen LogP) is 1.09. The van der Waals surface area contributed by atoms with Gasteiger partial charge in [0.05, 0.1) is 5.92 Å². The Balaban J connectivity index is 0.00000144. The van der Waals surface area contributed by atoms with Gasteiger partial charge < -0.3 is 9.90 Å². The fourth-order valence-corrected chi connectivity index (χ4v) is 1.52. The zero-order chi connectivity index (χ0) is 9.30. The van der Waals surface area contributed by atoms with E-state index in [-0.39, 0.29) is 50.4 Å². The first-order valence-corrected chi connectivity index (χ1v) is 4.13. The van der Waals surface area contributed by atoms with Crippen molar-refractivity contribution in [2.75, 3.05) is 0 Å². The van der Waals surface area contributed by atoms with E-state index in [9.17, 15) is 9.59 Å². The molecule has 71 valence electrons. The number of ketones is 2. The van der Waals surface area contributed by atoms with Crippen LogP contribution in [0.3, 0.4) is 0 Å². The van der Waals surface area contributed by atoms with E-state index in [1.165, 1.54) is 6.92 Å². The molecular formula is C9H13O3Y-. The summed E-state index contributed by atoms with van der Waals surface area (Å²) in [7, 11) is 0. The monoisotopic (exact) mass is 258 g/mol. The molecule has 0 aliphatic heterocycles. The molecule has 1 rings (SSSR count). The molecule has 0 aromatic rings. The van der Waals surface area contributed by atoms with Gasteiger partial charge in [0, 0.05) is 39.1 Å². The third-order valence-electron chi connectivity index (χ3n) is 2.44. The molecule has 0 aromatic heterocycles. The summed E-state index contributed by atoms with van der Waals surface area (Å²) in [6.45, 7) is 3.13. The van der Waals surface area contributed by atoms with E-state index >= 15 is 0 Å². The molecule has 1 aliphatic rings. The van der Waals surface area contributed by atoms with E-state index in [4.69, 9.17) is 5.11 Å². The van der Waals surface area contributed by atoms with Crippen LogP contribution in [0.4, 0.5) is 0 Å². The van der Waals surface area contributed by atoms with Gasteiger partial charge in [0.25, 0.3) is 0 Å². The van der Waals surface area contributed by atoms with Crippen LogP contribution < -0.4 is 0 Å². The molecule has 0 bridgehead atoms. The van der Waals surface area contributed by atoms with E-state index in [0.717, 1.165) is 0 Å². The molecule has 1 N–H and O–H groups in total. The van der Waals surface area contributed by atoms with Gasteiger partial charge in [-0.05, 0) is 6.92 Å². The van der Waals surface area contributed by atoms with E-state index in [2.05, 4.69) is 0 Å². The maximum Gasteiger partial charge on any atom is 0.142 e. The van der Waals surface area contributed by atoms with Gasteiger partial charge in [-0.25, -0.2) is 0 Å². The molecule has 2 atom stereocenters. The number of rotatable bonds is 1. The molecule has 3 nitrogen and oxygen atoms in total. The van der Waals surface area contributed by atoms with Crippen LogP contribution in [0.15, 0.2) is 0 Å². The zero-order valence-electron chi connectivity index (χ0n) is 7.91. The molecule has 13 heavy (non-hydrogen) atoms. The molecule has 0 heterocycles. The van der Waals surface area contributed by atoms with Crippen LogP contribution in [0.2, 0.25) is 0 Å². The Hall–Kier alpha value is 0.404. The van der Waals surface area contributed by atoms with Crippen LogP contribution in [-0.2, 0) is 42.3 Å². The van der Waals surface area contributed by atoms with Crippen molar-refractivity contribution in [3.8, 4) is 0 Å². The second-order valence-corrected chi connectivity index (χ2v) is 3.32. The van der Waals surface area contributed by atoms with Gasteiger partial charge in [-0.3, -0.25) is 4.79 Å². The number of hydrogen-bond acceptors (Lipinski definition) is 3. The standard InChI is InChI=1S/C9H13O3.Y/c1-5-8(11)4-3-7(6(2)10)9(5)12;/h5,7,10H,3-4H2,1-2H3;/q-1;. The smallest absolute Gasteiger partial charge is 0.142 e. The summed E-state index contributed by atoms with van der Waals surface area (Å²) in [5.74, 6) is -1.06. The molecule has 2 unspecified atom stereocenters. The Bertz CT molecular complexity index is 213. The Morgan fingerprint density at radius 2 is 2.00 bits per heavy atom. The van der Waals surface area contributed by atoms with Crippen molar-refractivity contribution in [2.45, 2.75) is 26.7 Å². The van der Waals surface area contributed by atoms with E-state index in [1.807, 2.05) is 0 Å². The van der Waals surface area contributed by atoms with Crippen LogP contribution in [-0.4, -0.2) is 16.7 Å². The summed E-state index contributed by atoms with van der Waals surface area (Å²) in [6.07, 6.45) is 1.03. The van der Waals surface area contributed by atoms with Crippen LogP contribution in [0.25, 0.3) is 0 Å². The van der Waals surface area contributed by atoms with Gasteiger partial charge in [-0.1, -0.05) is 12.3 Å². The largest absolute Gasteiger partial charge is 0.562 e. The average Bonchev–Trinajstić information content (AvgIpc) is 2.00. The van der Waals surface area contributed by atoms with Gasteiger partial charge >= 0.3 is 0 Å². The third-order valence-corrected chi connectivity index (χ3v) is 2.44.